The molecule has 0 spiro atoms. The highest BCUT2D eigenvalue weighted by Gasteiger charge is 2.50. The smallest absolute Gasteiger partial charge is 0.327 e. The number of ether oxygens (including phenoxy) is 1. The molecule has 2 atom stereocenters. The second-order valence-electron chi connectivity index (χ2n) is 6.09. The van der Waals surface area contributed by atoms with Gasteiger partial charge in [-0.2, -0.15) is 0 Å². The zero-order valence-electron chi connectivity index (χ0n) is 13.9. The molecule has 0 aromatic rings. The Morgan fingerprint density at radius 2 is 1.87 bits per heavy atom. The summed E-state index contributed by atoms with van der Waals surface area (Å²) in [5.74, 6) is 0.461. The Balaban J connectivity index is 1.64. The van der Waals surface area contributed by atoms with Crippen molar-refractivity contribution in [2.75, 3.05) is 60.5 Å². The van der Waals surface area contributed by atoms with Crippen molar-refractivity contribution >= 4 is 17.9 Å². The summed E-state index contributed by atoms with van der Waals surface area (Å²) in [6.07, 6.45) is -0.363. The van der Waals surface area contributed by atoms with Gasteiger partial charge in [0.05, 0.1) is 19.8 Å². The molecular formula is C14H24N6O3. The standard InChI is InChI=1S/C14H24N6O3/c1-17-10-11(18(2)14(22)19(3)12(10)21)16-13(17)15-4-5-20-6-8-23-9-7-20/h10-11H,4-9H2,1-3H3,(H,15,16). The van der Waals surface area contributed by atoms with Crippen LogP contribution in [0.25, 0.3) is 0 Å². The van der Waals surface area contributed by atoms with Gasteiger partial charge in [-0.25, -0.2) is 4.79 Å². The number of fused-ring (bicyclic) bond motifs is 1. The largest absolute Gasteiger partial charge is 0.379 e. The number of rotatable bonds is 3. The number of nitrogens with one attached hydrogen (secondary N) is 1. The molecule has 3 heterocycles. The average Bonchev–Trinajstić information content (AvgIpc) is 2.89. The van der Waals surface area contributed by atoms with E-state index in [1.165, 1.54) is 7.05 Å². The molecular weight excluding hydrogens is 300 g/mol. The first-order chi connectivity index (χ1) is 11.0. The fourth-order valence-corrected chi connectivity index (χ4v) is 3.19. The number of urea groups is 1. The van der Waals surface area contributed by atoms with Gasteiger partial charge in [-0.1, -0.05) is 0 Å². The molecule has 3 fully saturated rings. The van der Waals surface area contributed by atoms with Gasteiger partial charge in [0.25, 0.3) is 5.91 Å². The molecule has 0 saturated carbocycles. The zero-order chi connectivity index (χ0) is 16.6. The molecule has 2 unspecified atom stereocenters. The van der Waals surface area contributed by atoms with Crippen molar-refractivity contribution < 1.29 is 14.3 Å². The highest BCUT2D eigenvalue weighted by atomic mass is 16.5. The van der Waals surface area contributed by atoms with Crippen LogP contribution >= 0.6 is 0 Å². The van der Waals surface area contributed by atoms with Gasteiger partial charge in [-0.05, 0) is 0 Å². The van der Waals surface area contributed by atoms with E-state index in [-0.39, 0.29) is 18.1 Å². The molecule has 3 amide bonds. The number of hydrogen-bond acceptors (Lipinski definition) is 5. The van der Waals surface area contributed by atoms with Crippen LogP contribution < -0.4 is 5.32 Å². The van der Waals surface area contributed by atoms with E-state index < -0.39 is 6.04 Å². The SMILES string of the molecule is CN1C(=O)C2C(NC(=NCCN3CCOCC3)N2C)N(C)C1=O. The molecule has 0 aromatic heterocycles. The molecule has 23 heavy (non-hydrogen) atoms. The fourth-order valence-electron chi connectivity index (χ4n) is 3.19. The molecule has 0 radical (unpaired) electrons. The summed E-state index contributed by atoms with van der Waals surface area (Å²) in [5.41, 5.74) is 0. The number of carbonyl (C=O) groups is 2. The highest BCUT2D eigenvalue weighted by molar-refractivity contribution is 6.03. The number of amides is 3. The van der Waals surface area contributed by atoms with E-state index in [4.69, 9.17) is 4.74 Å². The molecule has 0 aromatic carbocycles. The van der Waals surface area contributed by atoms with E-state index >= 15 is 0 Å². The summed E-state index contributed by atoms with van der Waals surface area (Å²) in [6, 6.07) is -0.725. The molecule has 3 saturated heterocycles. The maximum absolute atomic E-state index is 12.4. The number of aliphatic imine (C=N–C) groups is 1. The molecule has 3 aliphatic rings. The first-order valence-electron chi connectivity index (χ1n) is 7.89. The maximum Gasteiger partial charge on any atom is 0.327 e. The number of nitrogens with zero attached hydrogens (tertiary/aromatic N) is 5. The lowest BCUT2D eigenvalue weighted by molar-refractivity contribution is -0.135. The number of morpholine rings is 1. The minimum atomic E-state index is -0.426. The summed E-state index contributed by atoms with van der Waals surface area (Å²) < 4.78 is 5.33. The Morgan fingerprint density at radius 3 is 2.57 bits per heavy atom. The van der Waals surface area contributed by atoms with Crippen LogP contribution in [0.5, 0.6) is 0 Å². The van der Waals surface area contributed by atoms with Gasteiger partial charge in [0.2, 0.25) is 0 Å². The van der Waals surface area contributed by atoms with Crippen LogP contribution in [0, 0.1) is 0 Å². The van der Waals surface area contributed by atoms with Gasteiger partial charge in [0, 0.05) is 40.8 Å². The highest BCUT2D eigenvalue weighted by Crippen LogP contribution is 2.22. The number of hydrogen-bond donors (Lipinski definition) is 1. The Hall–Kier alpha value is -1.87. The van der Waals surface area contributed by atoms with E-state index in [2.05, 4.69) is 15.2 Å². The maximum atomic E-state index is 12.4. The van der Waals surface area contributed by atoms with Gasteiger partial charge < -0.3 is 19.9 Å². The lowest BCUT2D eigenvalue weighted by Gasteiger charge is -2.38. The molecule has 0 aliphatic carbocycles. The van der Waals surface area contributed by atoms with E-state index in [9.17, 15) is 9.59 Å². The second kappa shape index (κ2) is 6.32. The normalized spacial score (nSPS) is 30.9. The third-order valence-electron chi connectivity index (χ3n) is 4.70. The van der Waals surface area contributed by atoms with Crippen molar-refractivity contribution in [1.82, 2.24) is 24.9 Å². The number of guanidine groups is 1. The summed E-state index contributed by atoms with van der Waals surface area (Å²) in [5, 5.41) is 3.20. The van der Waals surface area contributed by atoms with Gasteiger partial charge >= 0.3 is 6.03 Å². The predicted molar refractivity (Wildman–Crippen MR) is 84.0 cm³/mol. The van der Waals surface area contributed by atoms with Crippen LogP contribution in [0.3, 0.4) is 0 Å². The first-order valence-corrected chi connectivity index (χ1v) is 7.89. The second-order valence-corrected chi connectivity index (χ2v) is 6.09. The molecule has 128 valence electrons. The number of imide groups is 1. The molecule has 9 nitrogen and oxygen atoms in total. The quantitative estimate of drug-likeness (QED) is 0.675. The van der Waals surface area contributed by atoms with Gasteiger partial charge in [-0.15, -0.1) is 0 Å². The summed E-state index contributed by atoms with van der Waals surface area (Å²) in [6.45, 7) is 4.91. The number of likely N-dealkylation sites (N-methyl/N-ethyl adjacent to an activating group) is 3. The lowest BCUT2D eigenvalue weighted by Crippen LogP contribution is -2.64. The third-order valence-corrected chi connectivity index (χ3v) is 4.70. The molecule has 1 N–H and O–H groups in total. The van der Waals surface area contributed by atoms with Gasteiger partial charge in [0.1, 0.15) is 6.17 Å². The van der Waals surface area contributed by atoms with Crippen molar-refractivity contribution in [2.24, 2.45) is 4.99 Å². The Kier molecular flexibility index (Phi) is 4.40. The van der Waals surface area contributed by atoms with E-state index in [0.717, 1.165) is 37.7 Å². The van der Waals surface area contributed by atoms with Crippen molar-refractivity contribution in [3.63, 3.8) is 0 Å². The monoisotopic (exact) mass is 324 g/mol. The Labute approximate surface area is 135 Å². The average molecular weight is 324 g/mol. The van der Waals surface area contributed by atoms with Crippen molar-refractivity contribution in [1.29, 1.82) is 0 Å². The van der Waals surface area contributed by atoms with Gasteiger partial charge in [0.15, 0.2) is 12.0 Å². The molecule has 0 bridgehead atoms. The molecule has 3 aliphatic heterocycles. The van der Waals surface area contributed by atoms with E-state index in [0.29, 0.717) is 12.5 Å². The van der Waals surface area contributed by atoms with Crippen LogP contribution in [0.4, 0.5) is 4.79 Å². The van der Waals surface area contributed by atoms with Crippen LogP contribution in [-0.4, -0.2) is 110 Å². The van der Waals surface area contributed by atoms with Crippen molar-refractivity contribution in [3.05, 3.63) is 0 Å². The van der Waals surface area contributed by atoms with Crippen LogP contribution in [0.1, 0.15) is 0 Å². The van der Waals surface area contributed by atoms with Gasteiger partial charge in [-0.3, -0.25) is 19.6 Å². The van der Waals surface area contributed by atoms with Crippen molar-refractivity contribution in [3.8, 4) is 0 Å². The topological polar surface area (TPSA) is 80.7 Å². The van der Waals surface area contributed by atoms with Crippen LogP contribution in [-0.2, 0) is 9.53 Å². The predicted octanol–water partition coefficient (Wildman–Crippen LogP) is -1.57. The van der Waals surface area contributed by atoms with E-state index in [1.54, 1.807) is 11.9 Å². The summed E-state index contributed by atoms with van der Waals surface area (Å²) >= 11 is 0. The van der Waals surface area contributed by atoms with Crippen LogP contribution in [0.2, 0.25) is 0 Å². The van der Waals surface area contributed by atoms with Crippen molar-refractivity contribution in [2.45, 2.75) is 12.2 Å². The third kappa shape index (κ3) is 2.86. The first kappa shape index (κ1) is 16.0. The fraction of sp³-hybridized carbons (Fsp3) is 0.786. The molecule has 9 heteroatoms. The zero-order valence-corrected chi connectivity index (χ0v) is 13.9. The minimum Gasteiger partial charge on any atom is -0.379 e. The van der Waals surface area contributed by atoms with E-state index in [1.807, 2.05) is 11.9 Å². The lowest BCUT2D eigenvalue weighted by atomic mass is 10.1. The summed E-state index contributed by atoms with van der Waals surface area (Å²) in [4.78, 5) is 35.8. The minimum absolute atomic E-state index is 0.202. The van der Waals surface area contributed by atoms with Crippen LogP contribution in [0.15, 0.2) is 4.99 Å². The molecule has 3 rings (SSSR count). The Bertz CT molecular complexity index is 519. The Morgan fingerprint density at radius 1 is 1.17 bits per heavy atom. The summed E-state index contributed by atoms with van der Waals surface area (Å²) in [7, 11) is 5.04. The number of carbonyl (C=O) groups excluding carboxylic acids is 2.